The number of rotatable bonds is 7. The molecule has 0 aromatic heterocycles. The van der Waals surface area contributed by atoms with Gasteiger partial charge in [0.05, 0.1) is 0 Å². The molecular formula is C16H34N2S. The summed E-state index contributed by atoms with van der Waals surface area (Å²) in [4.78, 5) is 2.70. The van der Waals surface area contributed by atoms with Crippen LogP contribution in [0.1, 0.15) is 54.4 Å². The standard InChI is InChI=1S/C16H34N2S/c1-7-8-16(6,11-17-13(2)3)12-18-9-14(4)19-15(5)10-18/h13-15,17H,7-12H2,1-6H3. The van der Waals surface area contributed by atoms with Gasteiger partial charge in [0.25, 0.3) is 0 Å². The Morgan fingerprint density at radius 3 is 2.32 bits per heavy atom. The van der Waals surface area contributed by atoms with E-state index in [0.717, 1.165) is 17.0 Å². The zero-order valence-corrected chi connectivity index (χ0v) is 14.6. The summed E-state index contributed by atoms with van der Waals surface area (Å²) >= 11 is 2.15. The van der Waals surface area contributed by atoms with Crippen LogP contribution in [0.2, 0.25) is 0 Å². The molecule has 3 unspecified atom stereocenters. The van der Waals surface area contributed by atoms with Crippen LogP contribution in [0.5, 0.6) is 0 Å². The van der Waals surface area contributed by atoms with Crippen molar-refractivity contribution in [1.82, 2.24) is 10.2 Å². The number of hydrogen-bond donors (Lipinski definition) is 1. The molecule has 1 N–H and O–H groups in total. The third-order valence-electron chi connectivity index (χ3n) is 3.89. The van der Waals surface area contributed by atoms with Gasteiger partial charge in [-0.05, 0) is 11.8 Å². The molecule has 0 aliphatic carbocycles. The second kappa shape index (κ2) is 7.90. The fourth-order valence-corrected chi connectivity index (χ4v) is 4.62. The van der Waals surface area contributed by atoms with Crippen molar-refractivity contribution in [2.45, 2.75) is 70.9 Å². The Morgan fingerprint density at radius 2 is 1.84 bits per heavy atom. The van der Waals surface area contributed by atoms with E-state index in [0.29, 0.717) is 11.5 Å². The van der Waals surface area contributed by atoms with Crippen molar-refractivity contribution >= 4 is 11.8 Å². The van der Waals surface area contributed by atoms with Crippen LogP contribution in [-0.4, -0.2) is 47.6 Å². The number of hydrogen-bond acceptors (Lipinski definition) is 3. The summed E-state index contributed by atoms with van der Waals surface area (Å²) in [6.45, 7) is 18.9. The van der Waals surface area contributed by atoms with Crippen LogP contribution in [0, 0.1) is 5.41 Å². The fourth-order valence-electron chi connectivity index (χ4n) is 3.23. The summed E-state index contributed by atoms with van der Waals surface area (Å²) in [5, 5.41) is 5.22. The molecule has 0 aromatic rings. The Balaban J connectivity index is 2.55. The second-order valence-corrected chi connectivity index (χ2v) is 8.93. The summed E-state index contributed by atoms with van der Waals surface area (Å²) in [6, 6.07) is 0.589. The van der Waals surface area contributed by atoms with Gasteiger partial charge in [-0.1, -0.05) is 48.0 Å². The van der Waals surface area contributed by atoms with E-state index >= 15 is 0 Å². The highest BCUT2D eigenvalue weighted by atomic mass is 32.2. The maximum Gasteiger partial charge on any atom is 0.0149 e. The van der Waals surface area contributed by atoms with Gasteiger partial charge < -0.3 is 10.2 Å². The monoisotopic (exact) mass is 286 g/mol. The van der Waals surface area contributed by atoms with Crippen molar-refractivity contribution in [1.29, 1.82) is 0 Å². The molecule has 1 rings (SSSR count). The smallest absolute Gasteiger partial charge is 0.0149 e. The highest BCUT2D eigenvalue weighted by Crippen LogP contribution is 2.29. The zero-order valence-electron chi connectivity index (χ0n) is 13.8. The molecule has 114 valence electrons. The van der Waals surface area contributed by atoms with E-state index < -0.39 is 0 Å². The minimum absolute atomic E-state index is 0.417. The van der Waals surface area contributed by atoms with Crippen LogP contribution < -0.4 is 5.32 Å². The topological polar surface area (TPSA) is 15.3 Å². The summed E-state index contributed by atoms with van der Waals surface area (Å²) in [6.07, 6.45) is 2.60. The van der Waals surface area contributed by atoms with Crippen LogP contribution >= 0.6 is 11.8 Å². The molecule has 1 aliphatic heterocycles. The van der Waals surface area contributed by atoms with Gasteiger partial charge in [0, 0.05) is 42.7 Å². The molecule has 1 fully saturated rings. The van der Waals surface area contributed by atoms with E-state index in [1.54, 1.807) is 0 Å². The molecule has 1 saturated heterocycles. The average molecular weight is 287 g/mol. The largest absolute Gasteiger partial charge is 0.314 e. The van der Waals surface area contributed by atoms with Crippen LogP contribution in [0.15, 0.2) is 0 Å². The lowest BCUT2D eigenvalue weighted by atomic mass is 9.84. The third kappa shape index (κ3) is 6.50. The van der Waals surface area contributed by atoms with Gasteiger partial charge in [-0.2, -0.15) is 11.8 Å². The van der Waals surface area contributed by atoms with E-state index in [4.69, 9.17) is 0 Å². The van der Waals surface area contributed by atoms with Gasteiger partial charge in [0.2, 0.25) is 0 Å². The fraction of sp³-hybridized carbons (Fsp3) is 1.00. The molecule has 0 radical (unpaired) electrons. The Labute approximate surface area is 125 Å². The first-order chi connectivity index (χ1) is 8.84. The second-order valence-electron chi connectivity index (χ2n) is 7.05. The molecule has 0 bridgehead atoms. The van der Waals surface area contributed by atoms with Gasteiger partial charge in [0.15, 0.2) is 0 Å². The molecule has 19 heavy (non-hydrogen) atoms. The maximum absolute atomic E-state index is 3.65. The van der Waals surface area contributed by atoms with Crippen molar-refractivity contribution in [3.63, 3.8) is 0 Å². The molecule has 2 nitrogen and oxygen atoms in total. The minimum atomic E-state index is 0.417. The van der Waals surface area contributed by atoms with Gasteiger partial charge in [-0.25, -0.2) is 0 Å². The maximum atomic E-state index is 3.65. The van der Waals surface area contributed by atoms with E-state index in [2.05, 4.69) is 63.5 Å². The highest BCUT2D eigenvalue weighted by Gasteiger charge is 2.30. The third-order valence-corrected chi connectivity index (χ3v) is 5.12. The first kappa shape index (κ1) is 17.3. The summed E-state index contributed by atoms with van der Waals surface area (Å²) in [7, 11) is 0. The minimum Gasteiger partial charge on any atom is -0.314 e. The number of thioether (sulfide) groups is 1. The molecule has 1 aliphatic rings. The summed E-state index contributed by atoms with van der Waals surface area (Å²) < 4.78 is 0. The Kier molecular flexibility index (Phi) is 7.20. The molecular weight excluding hydrogens is 252 g/mol. The Hall–Kier alpha value is 0.270. The van der Waals surface area contributed by atoms with Gasteiger partial charge in [-0.15, -0.1) is 0 Å². The first-order valence-electron chi connectivity index (χ1n) is 7.96. The van der Waals surface area contributed by atoms with Crippen LogP contribution in [0.3, 0.4) is 0 Å². The first-order valence-corrected chi connectivity index (χ1v) is 8.90. The normalized spacial score (nSPS) is 28.6. The molecule has 3 atom stereocenters. The van der Waals surface area contributed by atoms with E-state index in [1.807, 2.05) is 0 Å². The van der Waals surface area contributed by atoms with Crippen molar-refractivity contribution in [2.75, 3.05) is 26.2 Å². The zero-order chi connectivity index (χ0) is 14.5. The summed E-state index contributed by atoms with van der Waals surface area (Å²) in [5.74, 6) is 0. The predicted molar refractivity (Wildman–Crippen MR) is 89.1 cm³/mol. The molecule has 0 saturated carbocycles. The van der Waals surface area contributed by atoms with Gasteiger partial charge in [-0.3, -0.25) is 0 Å². The van der Waals surface area contributed by atoms with Crippen LogP contribution in [0.25, 0.3) is 0 Å². The summed E-state index contributed by atoms with van der Waals surface area (Å²) in [5.41, 5.74) is 0.417. The van der Waals surface area contributed by atoms with E-state index in [1.165, 1.54) is 32.5 Å². The quantitative estimate of drug-likeness (QED) is 0.769. The van der Waals surface area contributed by atoms with Gasteiger partial charge in [0.1, 0.15) is 0 Å². The highest BCUT2D eigenvalue weighted by molar-refractivity contribution is 8.00. The van der Waals surface area contributed by atoms with Crippen molar-refractivity contribution in [2.24, 2.45) is 5.41 Å². The molecule has 0 spiro atoms. The molecule has 1 heterocycles. The SMILES string of the molecule is CCCC(C)(CNC(C)C)CN1CC(C)SC(C)C1. The Bertz CT molecular complexity index is 247. The lowest BCUT2D eigenvalue weighted by molar-refractivity contribution is 0.145. The van der Waals surface area contributed by atoms with Crippen molar-refractivity contribution in [3.05, 3.63) is 0 Å². The lowest BCUT2D eigenvalue weighted by Crippen LogP contribution is -2.49. The lowest BCUT2D eigenvalue weighted by Gasteiger charge is -2.41. The molecule has 0 aromatic carbocycles. The van der Waals surface area contributed by atoms with Crippen LogP contribution in [-0.2, 0) is 0 Å². The van der Waals surface area contributed by atoms with Crippen LogP contribution in [0.4, 0.5) is 0 Å². The predicted octanol–water partition coefficient (Wildman–Crippen LogP) is 3.62. The Morgan fingerprint density at radius 1 is 1.26 bits per heavy atom. The number of nitrogens with zero attached hydrogens (tertiary/aromatic N) is 1. The van der Waals surface area contributed by atoms with E-state index in [9.17, 15) is 0 Å². The van der Waals surface area contributed by atoms with Crippen molar-refractivity contribution < 1.29 is 0 Å². The van der Waals surface area contributed by atoms with Gasteiger partial charge >= 0.3 is 0 Å². The van der Waals surface area contributed by atoms with E-state index in [-0.39, 0.29) is 0 Å². The number of nitrogens with one attached hydrogen (secondary N) is 1. The molecule has 3 heteroatoms. The van der Waals surface area contributed by atoms with Crippen molar-refractivity contribution in [3.8, 4) is 0 Å². The average Bonchev–Trinajstić information content (AvgIpc) is 2.25. The molecule has 0 amide bonds.